The number of hydrogen-bond donors (Lipinski definition) is 0. The number of rotatable bonds is 3. The van der Waals surface area contributed by atoms with Gasteiger partial charge in [0.1, 0.15) is 11.5 Å². The first-order valence-corrected chi connectivity index (χ1v) is 9.19. The number of sulfone groups is 1. The normalized spacial score (nSPS) is 19.0. The lowest BCUT2D eigenvalue weighted by Crippen LogP contribution is -2.23. The van der Waals surface area contributed by atoms with Gasteiger partial charge in [-0.2, -0.15) is 0 Å². The Labute approximate surface area is 137 Å². The topological polar surface area (TPSA) is 86.5 Å². The zero-order chi connectivity index (χ0) is 16.2. The predicted octanol–water partition coefficient (Wildman–Crippen LogP) is 2.60. The number of carbonyl (C=O) groups is 1. The molecule has 1 aliphatic carbocycles. The molecule has 2 aromatic rings. The van der Waals surface area contributed by atoms with Crippen molar-refractivity contribution in [3.8, 4) is 5.75 Å². The average molecular weight is 354 g/mol. The fourth-order valence-corrected chi connectivity index (χ4v) is 4.54. The zero-order valence-corrected chi connectivity index (χ0v) is 13.5. The van der Waals surface area contributed by atoms with Crippen LogP contribution >= 0.6 is 11.6 Å². The molecular weight excluding hydrogens is 342 g/mol. The molecule has 2 heterocycles. The minimum absolute atomic E-state index is 0.00489. The molecule has 0 bridgehead atoms. The molecule has 23 heavy (non-hydrogen) atoms. The van der Waals surface area contributed by atoms with Crippen molar-refractivity contribution in [3.05, 3.63) is 40.2 Å². The second-order valence-corrected chi connectivity index (χ2v) is 8.08. The van der Waals surface area contributed by atoms with Gasteiger partial charge in [-0.05, 0) is 25.0 Å². The summed E-state index contributed by atoms with van der Waals surface area (Å²) in [7, 11) is -3.56. The van der Waals surface area contributed by atoms with Gasteiger partial charge in [-0.1, -0.05) is 16.8 Å². The molecule has 1 saturated carbocycles. The molecule has 1 fully saturated rings. The number of fused-ring (bicyclic) bond motifs is 1. The summed E-state index contributed by atoms with van der Waals surface area (Å²) in [6, 6.07) is 2.89. The summed E-state index contributed by atoms with van der Waals surface area (Å²) in [6.45, 7) is -0.00489. The lowest BCUT2D eigenvalue weighted by atomic mass is 10.0. The molecule has 1 aromatic carbocycles. The van der Waals surface area contributed by atoms with Crippen molar-refractivity contribution < 1.29 is 22.5 Å². The Bertz CT molecular complexity index is 914. The molecule has 1 aromatic heterocycles. The summed E-state index contributed by atoms with van der Waals surface area (Å²) in [5, 5.41) is 3.77. The summed E-state index contributed by atoms with van der Waals surface area (Å²) in [5.74, 6) is 0.272. The first-order chi connectivity index (χ1) is 11.0. The van der Waals surface area contributed by atoms with Crippen molar-refractivity contribution in [2.24, 2.45) is 0 Å². The maximum atomic E-state index is 12.8. The zero-order valence-electron chi connectivity index (χ0n) is 11.9. The Morgan fingerprint density at radius 3 is 2.78 bits per heavy atom. The number of benzene rings is 1. The third-order valence-corrected chi connectivity index (χ3v) is 6.17. The maximum absolute atomic E-state index is 12.8. The lowest BCUT2D eigenvalue weighted by Gasteiger charge is -2.21. The molecule has 0 saturated heterocycles. The number of halogens is 1. The predicted molar refractivity (Wildman–Crippen MR) is 80.9 cm³/mol. The van der Waals surface area contributed by atoms with E-state index in [1.54, 1.807) is 0 Å². The SMILES string of the molecule is O=C(c1cnoc1C1CC1)c1ccc(Cl)c2c1OCCS2(=O)=O. The van der Waals surface area contributed by atoms with Crippen LogP contribution in [0.1, 0.15) is 40.4 Å². The Hall–Kier alpha value is -1.86. The van der Waals surface area contributed by atoms with E-state index >= 15 is 0 Å². The van der Waals surface area contributed by atoms with E-state index in [0.717, 1.165) is 12.8 Å². The van der Waals surface area contributed by atoms with Gasteiger partial charge in [-0.3, -0.25) is 4.79 Å². The highest BCUT2D eigenvalue weighted by Crippen LogP contribution is 2.43. The summed E-state index contributed by atoms with van der Waals surface area (Å²) in [5.41, 5.74) is 0.515. The van der Waals surface area contributed by atoms with Crippen LogP contribution in [0.4, 0.5) is 0 Å². The van der Waals surface area contributed by atoms with Crippen LogP contribution in [-0.2, 0) is 9.84 Å². The van der Waals surface area contributed by atoms with E-state index in [1.165, 1.54) is 18.3 Å². The summed E-state index contributed by atoms with van der Waals surface area (Å²) < 4.78 is 35.1. The number of aromatic nitrogens is 1. The minimum atomic E-state index is -3.56. The van der Waals surface area contributed by atoms with E-state index in [2.05, 4.69) is 5.16 Å². The van der Waals surface area contributed by atoms with E-state index in [4.69, 9.17) is 20.9 Å². The number of ether oxygens (including phenoxy) is 1. The number of hydrogen-bond acceptors (Lipinski definition) is 6. The molecule has 4 rings (SSSR count). The van der Waals surface area contributed by atoms with Gasteiger partial charge in [-0.25, -0.2) is 8.42 Å². The molecule has 2 aliphatic rings. The van der Waals surface area contributed by atoms with E-state index in [-0.39, 0.29) is 45.3 Å². The molecule has 1 aliphatic heterocycles. The van der Waals surface area contributed by atoms with Crippen molar-refractivity contribution in [2.75, 3.05) is 12.4 Å². The third kappa shape index (κ3) is 2.35. The van der Waals surface area contributed by atoms with Crippen molar-refractivity contribution in [3.63, 3.8) is 0 Å². The van der Waals surface area contributed by atoms with Gasteiger partial charge >= 0.3 is 0 Å². The summed E-state index contributed by atoms with van der Waals surface area (Å²) in [6.07, 6.45) is 3.28. The van der Waals surface area contributed by atoms with E-state index in [1.807, 2.05) is 0 Å². The molecule has 0 N–H and O–H groups in total. The van der Waals surface area contributed by atoms with Crippen LogP contribution in [0, 0.1) is 0 Å². The fourth-order valence-electron chi connectivity index (χ4n) is 2.71. The largest absolute Gasteiger partial charge is 0.490 e. The third-order valence-electron chi connectivity index (χ3n) is 4.01. The summed E-state index contributed by atoms with van der Waals surface area (Å²) in [4.78, 5) is 12.7. The van der Waals surface area contributed by atoms with Crippen molar-refractivity contribution >= 4 is 27.2 Å². The van der Waals surface area contributed by atoms with Crippen LogP contribution in [0.25, 0.3) is 0 Å². The van der Waals surface area contributed by atoms with Gasteiger partial charge < -0.3 is 9.26 Å². The van der Waals surface area contributed by atoms with Crippen LogP contribution < -0.4 is 4.74 Å². The van der Waals surface area contributed by atoms with E-state index in [0.29, 0.717) is 11.3 Å². The van der Waals surface area contributed by atoms with Crippen molar-refractivity contribution in [1.82, 2.24) is 5.16 Å². The van der Waals surface area contributed by atoms with Gasteiger partial charge in [0.25, 0.3) is 0 Å². The van der Waals surface area contributed by atoms with Crippen LogP contribution in [0.15, 0.2) is 27.7 Å². The van der Waals surface area contributed by atoms with Crippen LogP contribution in [0.3, 0.4) is 0 Å². The lowest BCUT2D eigenvalue weighted by molar-refractivity contribution is 0.103. The van der Waals surface area contributed by atoms with Crippen LogP contribution in [-0.4, -0.2) is 31.7 Å². The number of ketones is 1. The quantitative estimate of drug-likeness (QED) is 0.788. The molecule has 0 spiro atoms. The molecule has 0 atom stereocenters. The first kappa shape index (κ1) is 14.7. The fraction of sp³-hybridized carbons (Fsp3) is 0.333. The molecule has 0 unspecified atom stereocenters. The number of nitrogens with zero attached hydrogens (tertiary/aromatic N) is 1. The van der Waals surface area contributed by atoms with E-state index in [9.17, 15) is 13.2 Å². The highest BCUT2D eigenvalue weighted by molar-refractivity contribution is 7.91. The molecular formula is C15H12ClNO5S. The standard InChI is InChI=1S/C15H12ClNO5S/c16-11-4-3-9(14-15(11)23(19,20)6-5-21-14)12(18)10-7-17-22-13(10)8-1-2-8/h3-4,7-8H,1-2,5-6H2. The van der Waals surface area contributed by atoms with Gasteiger partial charge in [0.05, 0.1) is 28.1 Å². The van der Waals surface area contributed by atoms with Gasteiger partial charge in [-0.15, -0.1) is 0 Å². The van der Waals surface area contributed by atoms with Crippen LogP contribution in [0.2, 0.25) is 5.02 Å². The van der Waals surface area contributed by atoms with Crippen molar-refractivity contribution in [1.29, 1.82) is 0 Å². The highest BCUT2D eigenvalue weighted by atomic mass is 35.5. The molecule has 0 amide bonds. The smallest absolute Gasteiger partial charge is 0.202 e. The van der Waals surface area contributed by atoms with Crippen LogP contribution in [0.5, 0.6) is 5.75 Å². The minimum Gasteiger partial charge on any atom is -0.490 e. The Morgan fingerprint density at radius 1 is 1.26 bits per heavy atom. The van der Waals surface area contributed by atoms with Gasteiger partial charge in [0, 0.05) is 5.92 Å². The average Bonchev–Trinajstić information content (AvgIpc) is 3.23. The van der Waals surface area contributed by atoms with E-state index < -0.39 is 9.84 Å². The Morgan fingerprint density at radius 2 is 2.04 bits per heavy atom. The molecule has 120 valence electrons. The highest BCUT2D eigenvalue weighted by Gasteiger charge is 2.36. The molecule has 0 radical (unpaired) electrons. The molecule has 8 heteroatoms. The Balaban J connectivity index is 1.87. The maximum Gasteiger partial charge on any atom is 0.202 e. The molecule has 6 nitrogen and oxygen atoms in total. The van der Waals surface area contributed by atoms with Crippen molar-refractivity contribution in [2.45, 2.75) is 23.7 Å². The van der Waals surface area contributed by atoms with Gasteiger partial charge in [0.2, 0.25) is 5.78 Å². The second kappa shape index (κ2) is 5.07. The second-order valence-electron chi connectivity index (χ2n) is 5.63. The Kier molecular flexibility index (Phi) is 3.24. The first-order valence-electron chi connectivity index (χ1n) is 7.16. The van der Waals surface area contributed by atoms with Gasteiger partial charge in [0.15, 0.2) is 21.3 Å². The number of carbonyl (C=O) groups excluding carboxylic acids is 1. The summed E-state index contributed by atoms with van der Waals surface area (Å²) >= 11 is 6.02. The monoisotopic (exact) mass is 353 g/mol.